The molecule has 7 nitrogen and oxygen atoms in total. The minimum absolute atomic E-state index is 0.0593. The largest absolute Gasteiger partial charge is 0.394 e. The number of aliphatic hydroxyl groups is 5. The topological polar surface area (TPSA) is 131 Å². The maximum absolute atomic E-state index is 13.1. The van der Waals surface area contributed by atoms with Gasteiger partial charge in [0.1, 0.15) is 18.3 Å². The minimum Gasteiger partial charge on any atom is -0.394 e. The van der Waals surface area contributed by atoms with Crippen molar-refractivity contribution in [3.8, 4) is 0 Å². The third kappa shape index (κ3) is 4.18. The molecule has 0 unspecified atom stereocenters. The van der Waals surface area contributed by atoms with E-state index in [1.807, 2.05) is 0 Å². The van der Waals surface area contributed by atoms with Crippen LogP contribution in [0.1, 0.15) is 15.9 Å². The van der Waals surface area contributed by atoms with Crippen molar-refractivity contribution in [2.75, 3.05) is 6.61 Å². The van der Waals surface area contributed by atoms with E-state index in [-0.39, 0.29) is 16.8 Å². The summed E-state index contributed by atoms with van der Waals surface area (Å²) in [6, 6.07) is 13.5. The molecule has 8 heteroatoms. The van der Waals surface area contributed by atoms with Crippen LogP contribution in [-0.2, 0) is 5.60 Å². The number of thiocarbonyl (C=S) groups is 1. The molecule has 0 amide bonds. The molecule has 5 N–H and O–H groups in total. The van der Waals surface area contributed by atoms with Gasteiger partial charge in [-0.25, -0.2) is 0 Å². The lowest BCUT2D eigenvalue weighted by atomic mass is 9.77. The zero-order valence-electron chi connectivity index (χ0n) is 14.1. The summed E-state index contributed by atoms with van der Waals surface area (Å²) in [5.41, 5.74) is -2.69. The van der Waals surface area contributed by atoms with Gasteiger partial charge >= 0.3 is 0 Å². The first-order valence-corrected chi connectivity index (χ1v) is 8.43. The van der Waals surface area contributed by atoms with Gasteiger partial charge in [0.25, 0.3) is 0 Å². The van der Waals surface area contributed by atoms with Crippen LogP contribution in [0.25, 0.3) is 0 Å². The highest BCUT2D eigenvalue weighted by atomic mass is 32.1. The number of hydrogen-bond donors (Lipinski definition) is 5. The van der Waals surface area contributed by atoms with Gasteiger partial charge in [-0.05, 0) is 18.3 Å². The molecule has 142 valence electrons. The Morgan fingerprint density at radius 1 is 1.07 bits per heavy atom. The van der Waals surface area contributed by atoms with Crippen molar-refractivity contribution in [1.29, 1.82) is 0 Å². The number of nitrogens with zero attached hydrogens (tertiary/aromatic N) is 1. The standard InChI is InChI=1S/C19H19NO6S/c21-10-15(22)16(23)18(25)19(26,17(24)12-6-2-1-3-7-12)13-8-4-5-9-14(13)20-11-27/h1-9,15-16,18,21-23,25-26H,10H2/t15-,16-,18+,19-/m1/s1. The summed E-state index contributed by atoms with van der Waals surface area (Å²) >= 11 is 4.59. The summed E-state index contributed by atoms with van der Waals surface area (Å²) in [5.74, 6) is -0.924. The first kappa shape index (κ1) is 21.0. The highest BCUT2D eigenvalue weighted by Crippen LogP contribution is 2.37. The summed E-state index contributed by atoms with van der Waals surface area (Å²) in [7, 11) is 0. The van der Waals surface area contributed by atoms with E-state index in [1.54, 1.807) is 24.3 Å². The number of aliphatic hydroxyl groups excluding tert-OH is 4. The molecule has 0 heterocycles. The number of para-hydroxylation sites is 1. The Morgan fingerprint density at radius 2 is 1.67 bits per heavy atom. The maximum atomic E-state index is 13.1. The maximum Gasteiger partial charge on any atom is 0.201 e. The van der Waals surface area contributed by atoms with Crippen LogP contribution in [0.3, 0.4) is 0 Å². The molecule has 27 heavy (non-hydrogen) atoms. The van der Waals surface area contributed by atoms with Crippen LogP contribution < -0.4 is 0 Å². The van der Waals surface area contributed by atoms with Gasteiger partial charge in [0.2, 0.25) is 5.78 Å². The van der Waals surface area contributed by atoms with Crippen LogP contribution >= 0.6 is 12.2 Å². The summed E-state index contributed by atoms with van der Waals surface area (Å²) in [6.07, 6.45) is -5.97. The number of rotatable bonds is 8. The van der Waals surface area contributed by atoms with Crippen LogP contribution in [0.2, 0.25) is 0 Å². The predicted molar refractivity (Wildman–Crippen MR) is 101 cm³/mol. The lowest BCUT2D eigenvalue weighted by Crippen LogP contribution is -2.56. The smallest absolute Gasteiger partial charge is 0.201 e. The highest BCUT2D eigenvalue weighted by molar-refractivity contribution is 7.78. The number of Topliss-reactive ketones (excluding diaryl/α,β-unsaturated/α-hetero) is 1. The average molecular weight is 389 g/mol. The molecule has 0 aliphatic carbocycles. The van der Waals surface area contributed by atoms with Gasteiger partial charge in [0.15, 0.2) is 5.60 Å². The molecular weight excluding hydrogens is 370 g/mol. The molecule has 0 aromatic heterocycles. The molecule has 2 rings (SSSR count). The molecule has 2 aromatic carbocycles. The number of carbonyl (C=O) groups is 1. The van der Waals surface area contributed by atoms with Crippen LogP contribution in [0.15, 0.2) is 59.6 Å². The Labute approximate surface area is 160 Å². The fraction of sp³-hybridized carbons (Fsp3) is 0.263. The first-order chi connectivity index (χ1) is 12.9. The molecule has 0 radical (unpaired) electrons. The molecule has 0 bridgehead atoms. The number of aliphatic imine (C=N–C) groups is 1. The van der Waals surface area contributed by atoms with Gasteiger partial charge < -0.3 is 25.5 Å². The third-order valence-corrected chi connectivity index (χ3v) is 4.29. The minimum atomic E-state index is -2.68. The second kappa shape index (κ2) is 9.07. The number of hydrogen-bond acceptors (Lipinski definition) is 8. The number of carbonyl (C=O) groups excluding carboxylic acids is 1. The number of ketones is 1. The van der Waals surface area contributed by atoms with Gasteiger partial charge in [-0.15, -0.1) is 0 Å². The number of benzene rings is 2. The molecule has 2 aromatic rings. The van der Waals surface area contributed by atoms with Crippen LogP contribution in [0.5, 0.6) is 0 Å². The Bertz CT molecular complexity index is 839. The van der Waals surface area contributed by atoms with Gasteiger partial charge in [-0.1, -0.05) is 48.5 Å². The highest BCUT2D eigenvalue weighted by Gasteiger charge is 2.50. The van der Waals surface area contributed by atoms with Crippen molar-refractivity contribution in [1.82, 2.24) is 0 Å². The van der Waals surface area contributed by atoms with E-state index in [0.29, 0.717) is 0 Å². The predicted octanol–water partition coefficient (Wildman–Crippen LogP) is 0.566. The monoisotopic (exact) mass is 389 g/mol. The Kier molecular flexibility index (Phi) is 7.06. The van der Waals surface area contributed by atoms with Crippen molar-refractivity contribution >= 4 is 28.8 Å². The van der Waals surface area contributed by atoms with Crippen molar-refractivity contribution < 1.29 is 30.3 Å². The van der Waals surface area contributed by atoms with Gasteiger partial charge in [-0.2, -0.15) is 4.99 Å². The van der Waals surface area contributed by atoms with Crippen molar-refractivity contribution in [2.45, 2.75) is 23.9 Å². The van der Waals surface area contributed by atoms with Crippen molar-refractivity contribution in [3.05, 3.63) is 65.7 Å². The van der Waals surface area contributed by atoms with Crippen LogP contribution in [0, 0.1) is 0 Å². The van der Waals surface area contributed by atoms with E-state index < -0.39 is 36.3 Å². The molecular formula is C19H19NO6S. The zero-order chi connectivity index (χ0) is 20.0. The molecule has 0 saturated heterocycles. The van der Waals surface area contributed by atoms with Gasteiger partial charge in [0, 0.05) is 11.1 Å². The van der Waals surface area contributed by atoms with E-state index in [2.05, 4.69) is 22.4 Å². The molecule has 4 atom stereocenters. The van der Waals surface area contributed by atoms with Crippen LogP contribution in [0.4, 0.5) is 5.69 Å². The SMILES string of the molecule is O=C(c1ccccc1)[C@](O)(c1ccccc1N=C=S)[C@@H](O)[C@H](O)[C@H](O)CO. The van der Waals surface area contributed by atoms with E-state index >= 15 is 0 Å². The number of isothiocyanates is 1. The van der Waals surface area contributed by atoms with Crippen molar-refractivity contribution in [2.24, 2.45) is 4.99 Å². The fourth-order valence-corrected chi connectivity index (χ4v) is 2.83. The van der Waals surface area contributed by atoms with Gasteiger partial charge in [0.05, 0.1) is 17.5 Å². The average Bonchev–Trinajstić information content (AvgIpc) is 2.72. The zero-order valence-corrected chi connectivity index (χ0v) is 15.0. The summed E-state index contributed by atoms with van der Waals surface area (Å²) in [6.45, 7) is -0.881. The summed E-state index contributed by atoms with van der Waals surface area (Å²) < 4.78 is 0. The van der Waals surface area contributed by atoms with Gasteiger partial charge in [-0.3, -0.25) is 4.79 Å². The lowest BCUT2D eigenvalue weighted by molar-refractivity contribution is -0.144. The second-order valence-corrected chi connectivity index (χ2v) is 6.05. The first-order valence-electron chi connectivity index (χ1n) is 8.02. The Hall–Kier alpha value is -2.29. The molecule has 0 saturated carbocycles. The lowest BCUT2D eigenvalue weighted by Gasteiger charge is -2.36. The van der Waals surface area contributed by atoms with Crippen molar-refractivity contribution in [3.63, 3.8) is 0 Å². The summed E-state index contributed by atoms with van der Waals surface area (Å²) in [4.78, 5) is 16.9. The van der Waals surface area contributed by atoms with Crippen LogP contribution in [-0.4, -0.2) is 61.4 Å². The van der Waals surface area contributed by atoms with E-state index in [4.69, 9.17) is 5.11 Å². The van der Waals surface area contributed by atoms with E-state index in [9.17, 15) is 25.2 Å². The Balaban J connectivity index is 2.69. The fourth-order valence-electron chi connectivity index (χ4n) is 2.73. The quantitative estimate of drug-likeness (QED) is 0.253. The van der Waals surface area contributed by atoms with E-state index in [0.717, 1.165) is 0 Å². The molecule has 0 fully saturated rings. The Morgan fingerprint density at radius 3 is 2.26 bits per heavy atom. The third-order valence-electron chi connectivity index (χ3n) is 4.20. The summed E-state index contributed by atoms with van der Waals surface area (Å²) in [5, 5.41) is 53.0. The molecule has 0 aliphatic rings. The second-order valence-electron chi connectivity index (χ2n) is 5.87. The molecule has 0 spiro atoms. The molecule has 0 aliphatic heterocycles. The normalized spacial score (nSPS) is 16.5. The van der Waals surface area contributed by atoms with E-state index in [1.165, 1.54) is 30.3 Å².